The second-order valence-corrected chi connectivity index (χ2v) is 4.14. The zero-order valence-corrected chi connectivity index (χ0v) is 10.4. The first-order valence-corrected chi connectivity index (χ1v) is 5.61. The third-order valence-corrected chi connectivity index (χ3v) is 2.64. The van der Waals surface area contributed by atoms with Gasteiger partial charge in [-0.2, -0.15) is 5.10 Å². The Labute approximate surface area is 109 Å². The van der Waals surface area contributed by atoms with Crippen LogP contribution < -0.4 is 4.74 Å². The number of ether oxygens (including phenoxy) is 1. The average Bonchev–Trinajstić information content (AvgIpc) is 2.64. The number of aromatic nitrogens is 2. The number of hydrogen-bond acceptors (Lipinski definition) is 3. The predicted octanol–water partition coefficient (Wildman–Crippen LogP) is 2.72. The summed E-state index contributed by atoms with van der Waals surface area (Å²) in [4.78, 5) is 10.6. The highest BCUT2D eigenvalue weighted by Crippen LogP contribution is 2.25. The lowest BCUT2D eigenvalue weighted by Gasteiger charge is -2.05. The molecular formula is C12H11ClN2O3. The molecule has 2 rings (SSSR count). The van der Waals surface area contributed by atoms with Gasteiger partial charge in [0.1, 0.15) is 12.3 Å². The number of carbonyl (C=O) groups is 1. The molecule has 94 valence electrons. The molecule has 0 radical (unpaired) electrons. The first-order chi connectivity index (χ1) is 8.56. The maximum absolute atomic E-state index is 10.6. The van der Waals surface area contributed by atoms with E-state index in [-0.39, 0.29) is 6.54 Å². The summed E-state index contributed by atoms with van der Waals surface area (Å²) in [6.07, 6.45) is 1.49. The maximum atomic E-state index is 10.6. The average molecular weight is 267 g/mol. The van der Waals surface area contributed by atoms with Gasteiger partial charge in [-0.15, -0.1) is 0 Å². The zero-order valence-electron chi connectivity index (χ0n) is 9.63. The first kappa shape index (κ1) is 12.4. The Morgan fingerprint density at radius 3 is 2.72 bits per heavy atom. The third-order valence-electron chi connectivity index (χ3n) is 2.38. The summed E-state index contributed by atoms with van der Waals surface area (Å²) in [6, 6.07) is 6.90. The summed E-state index contributed by atoms with van der Waals surface area (Å²) < 4.78 is 6.96. The molecule has 1 aromatic carbocycles. The molecule has 0 aliphatic heterocycles. The van der Waals surface area contributed by atoms with Gasteiger partial charge < -0.3 is 9.84 Å². The Balaban J connectivity index is 2.17. The van der Waals surface area contributed by atoms with Crippen LogP contribution >= 0.6 is 11.6 Å². The normalized spacial score (nSPS) is 10.3. The molecule has 0 unspecified atom stereocenters. The van der Waals surface area contributed by atoms with Crippen molar-refractivity contribution in [2.45, 2.75) is 13.5 Å². The molecule has 18 heavy (non-hydrogen) atoms. The molecule has 6 heteroatoms. The Bertz CT molecular complexity index is 563. The molecule has 1 heterocycles. The summed E-state index contributed by atoms with van der Waals surface area (Å²) in [5, 5.41) is 13.3. The van der Waals surface area contributed by atoms with E-state index < -0.39 is 5.97 Å². The number of aliphatic carboxylic acids is 1. The van der Waals surface area contributed by atoms with Crippen molar-refractivity contribution in [3.05, 3.63) is 41.2 Å². The molecule has 0 aliphatic rings. The molecular weight excluding hydrogens is 256 g/mol. The Morgan fingerprint density at radius 2 is 2.11 bits per heavy atom. The Morgan fingerprint density at radius 1 is 1.44 bits per heavy atom. The van der Waals surface area contributed by atoms with E-state index in [4.69, 9.17) is 21.4 Å². The standard InChI is InChI=1S/C12H11ClN2O3/c1-8-11(6-14-15(8)7-12(16)17)18-10-4-2-9(13)3-5-10/h2-6H,7H2,1H3,(H,16,17). The number of rotatable bonds is 4. The molecule has 0 saturated heterocycles. The van der Waals surface area contributed by atoms with Gasteiger partial charge in [0, 0.05) is 5.02 Å². The molecule has 0 atom stereocenters. The van der Waals surface area contributed by atoms with Crippen molar-refractivity contribution in [3.63, 3.8) is 0 Å². The predicted molar refractivity (Wildman–Crippen MR) is 66.1 cm³/mol. The van der Waals surface area contributed by atoms with Crippen molar-refractivity contribution in [3.8, 4) is 11.5 Å². The summed E-state index contributed by atoms with van der Waals surface area (Å²) in [7, 11) is 0. The summed E-state index contributed by atoms with van der Waals surface area (Å²) in [6.45, 7) is 1.57. The minimum absolute atomic E-state index is 0.185. The van der Waals surface area contributed by atoms with Gasteiger partial charge in [-0.25, -0.2) is 0 Å². The van der Waals surface area contributed by atoms with E-state index in [0.29, 0.717) is 22.2 Å². The molecule has 0 amide bonds. The second-order valence-electron chi connectivity index (χ2n) is 3.70. The maximum Gasteiger partial charge on any atom is 0.325 e. The van der Waals surface area contributed by atoms with Crippen LogP contribution in [0.3, 0.4) is 0 Å². The van der Waals surface area contributed by atoms with Crippen LogP contribution in [0.5, 0.6) is 11.5 Å². The van der Waals surface area contributed by atoms with Crippen molar-refractivity contribution < 1.29 is 14.6 Å². The van der Waals surface area contributed by atoms with Gasteiger partial charge in [-0.1, -0.05) is 11.6 Å². The molecule has 5 nitrogen and oxygen atoms in total. The van der Waals surface area contributed by atoms with Gasteiger partial charge in [0.25, 0.3) is 0 Å². The Kier molecular flexibility index (Phi) is 3.53. The van der Waals surface area contributed by atoms with E-state index in [0.717, 1.165) is 0 Å². The van der Waals surface area contributed by atoms with Crippen LogP contribution in [0, 0.1) is 6.92 Å². The van der Waals surface area contributed by atoms with E-state index in [1.165, 1.54) is 10.9 Å². The van der Waals surface area contributed by atoms with Crippen LogP contribution in [-0.4, -0.2) is 20.9 Å². The lowest BCUT2D eigenvalue weighted by Crippen LogP contribution is -2.11. The molecule has 0 aliphatic carbocycles. The highest BCUT2D eigenvalue weighted by atomic mass is 35.5. The lowest BCUT2D eigenvalue weighted by atomic mass is 10.3. The van der Waals surface area contributed by atoms with E-state index in [9.17, 15) is 4.79 Å². The minimum Gasteiger partial charge on any atom is -0.480 e. The van der Waals surface area contributed by atoms with Gasteiger partial charge in [-0.05, 0) is 31.2 Å². The van der Waals surface area contributed by atoms with Gasteiger partial charge in [0.05, 0.1) is 11.9 Å². The topological polar surface area (TPSA) is 64.4 Å². The van der Waals surface area contributed by atoms with Gasteiger partial charge in [-0.3, -0.25) is 9.48 Å². The number of nitrogens with zero attached hydrogens (tertiary/aromatic N) is 2. The van der Waals surface area contributed by atoms with Crippen LogP contribution in [0.25, 0.3) is 0 Å². The van der Waals surface area contributed by atoms with Gasteiger partial charge in [0.2, 0.25) is 0 Å². The van der Waals surface area contributed by atoms with E-state index in [1.807, 2.05) is 0 Å². The zero-order chi connectivity index (χ0) is 13.1. The highest BCUT2D eigenvalue weighted by molar-refractivity contribution is 6.30. The summed E-state index contributed by atoms with van der Waals surface area (Å²) >= 11 is 5.77. The fourth-order valence-electron chi connectivity index (χ4n) is 1.45. The van der Waals surface area contributed by atoms with Crippen molar-refractivity contribution in [2.75, 3.05) is 0 Å². The number of benzene rings is 1. The molecule has 2 aromatic rings. The van der Waals surface area contributed by atoms with Crippen LogP contribution in [0.4, 0.5) is 0 Å². The SMILES string of the molecule is Cc1c(Oc2ccc(Cl)cc2)cnn1CC(=O)O. The van der Waals surface area contributed by atoms with Crippen molar-refractivity contribution >= 4 is 17.6 Å². The summed E-state index contributed by atoms with van der Waals surface area (Å²) in [5.74, 6) is 0.204. The number of halogens is 1. The first-order valence-electron chi connectivity index (χ1n) is 5.24. The van der Waals surface area contributed by atoms with Gasteiger partial charge in [0.15, 0.2) is 5.75 Å². The molecule has 0 spiro atoms. The second kappa shape index (κ2) is 5.10. The van der Waals surface area contributed by atoms with Crippen LogP contribution in [0.2, 0.25) is 5.02 Å². The van der Waals surface area contributed by atoms with Crippen molar-refractivity contribution in [2.24, 2.45) is 0 Å². The van der Waals surface area contributed by atoms with Crippen LogP contribution in [0.15, 0.2) is 30.5 Å². The van der Waals surface area contributed by atoms with Crippen LogP contribution in [0.1, 0.15) is 5.69 Å². The van der Waals surface area contributed by atoms with Gasteiger partial charge >= 0.3 is 5.97 Å². The lowest BCUT2D eigenvalue weighted by molar-refractivity contribution is -0.137. The third kappa shape index (κ3) is 2.81. The van der Waals surface area contributed by atoms with E-state index >= 15 is 0 Å². The Hall–Kier alpha value is -2.01. The molecule has 0 saturated carbocycles. The summed E-state index contributed by atoms with van der Waals surface area (Å²) in [5.41, 5.74) is 0.660. The quantitative estimate of drug-likeness (QED) is 0.924. The molecule has 0 fully saturated rings. The largest absolute Gasteiger partial charge is 0.480 e. The highest BCUT2D eigenvalue weighted by Gasteiger charge is 2.10. The van der Waals surface area contributed by atoms with E-state index in [1.54, 1.807) is 31.2 Å². The number of hydrogen-bond donors (Lipinski definition) is 1. The minimum atomic E-state index is -0.945. The fraction of sp³-hybridized carbons (Fsp3) is 0.167. The molecule has 1 N–H and O–H groups in total. The van der Waals surface area contributed by atoms with Crippen LogP contribution in [-0.2, 0) is 11.3 Å². The molecule has 1 aromatic heterocycles. The fourth-order valence-corrected chi connectivity index (χ4v) is 1.57. The monoisotopic (exact) mass is 266 g/mol. The van der Waals surface area contributed by atoms with Crippen molar-refractivity contribution in [1.29, 1.82) is 0 Å². The van der Waals surface area contributed by atoms with E-state index in [2.05, 4.69) is 5.10 Å². The number of carboxylic acids is 1. The molecule has 0 bridgehead atoms. The number of carboxylic acid groups (broad SMARTS) is 1. The smallest absolute Gasteiger partial charge is 0.325 e. The van der Waals surface area contributed by atoms with Crippen molar-refractivity contribution in [1.82, 2.24) is 9.78 Å².